The highest BCUT2D eigenvalue weighted by Gasteiger charge is 2.27. The standard InChI is InChI=1S/C20H28N2OS/c1-5-23-16(4)20-21-18(13-24-20)12-22-10-6-7-19(22)17-9-8-14(2)15(3)11-17/h8-9,11,13,16,19H,5-7,10,12H2,1-4H3/t16-,19+/m1/s1. The van der Waals surface area contributed by atoms with E-state index in [1.807, 2.05) is 6.92 Å². The van der Waals surface area contributed by atoms with Crippen LogP contribution in [0.1, 0.15) is 66.2 Å². The molecule has 0 saturated carbocycles. The van der Waals surface area contributed by atoms with Gasteiger partial charge in [-0.25, -0.2) is 4.98 Å². The van der Waals surface area contributed by atoms with E-state index in [1.54, 1.807) is 11.3 Å². The molecule has 1 aliphatic rings. The van der Waals surface area contributed by atoms with Gasteiger partial charge in [-0.1, -0.05) is 18.2 Å². The average Bonchev–Trinajstić information content (AvgIpc) is 3.20. The fourth-order valence-electron chi connectivity index (χ4n) is 3.48. The van der Waals surface area contributed by atoms with Crippen molar-refractivity contribution >= 4 is 11.3 Å². The SMILES string of the molecule is CCO[C@H](C)c1nc(CN2CCC[C@H]2c2ccc(C)c(C)c2)cs1. The summed E-state index contributed by atoms with van der Waals surface area (Å²) in [7, 11) is 0. The maximum atomic E-state index is 5.66. The number of likely N-dealkylation sites (tertiary alicyclic amines) is 1. The van der Waals surface area contributed by atoms with Crippen molar-refractivity contribution in [3.8, 4) is 0 Å². The highest BCUT2D eigenvalue weighted by molar-refractivity contribution is 7.09. The largest absolute Gasteiger partial charge is 0.372 e. The molecule has 0 spiro atoms. The van der Waals surface area contributed by atoms with Crippen molar-refractivity contribution < 1.29 is 4.74 Å². The summed E-state index contributed by atoms with van der Waals surface area (Å²) in [5, 5.41) is 3.29. The van der Waals surface area contributed by atoms with Gasteiger partial charge in [0.2, 0.25) is 0 Å². The Morgan fingerprint density at radius 2 is 2.17 bits per heavy atom. The lowest BCUT2D eigenvalue weighted by atomic mass is 9.99. The first-order valence-electron chi connectivity index (χ1n) is 8.95. The molecule has 2 aromatic rings. The molecule has 24 heavy (non-hydrogen) atoms. The summed E-state index contributed by atoms with van der Waals surface area (Å²) in [6.07, 6.45) is 2.61. The van der Waals surface area contributed by atoms with Gasteiger partial charge in [-0.3, -0.25) is 4.90 Å². The summed E-state index contributed by atoms with van der Waals surface area (Å²) in [6.45, 7) is 11.3. The Balaban J connectivity index is 1.71. The van der Waals surface area contributed by atoms with Crippen LogP contribution in [0.5, 0.6) is 0 Å². The van der Waals surface area contributed by atoms with Gasteiger partial charge in [0.25, 0.3) is 0 Å². The Kier molecular flexibility index (Phi) is 5.69. The minimum absolute atomic E-state index is 0.0999. The van der Waals surface area contributed by atoms with Crippen molar-refractivity contribution in [1.29, 1.82) is 0 Å². The maximum Gasteiger partial charge on any atom is 0.122 e. The van der Waals surface area contributed by atoms with Gasteiger partial charge in [-0.15, -0.1) is 11.3 Å². The Morgan fingerprint density at radius 1 is 1.33 bits per heavy atom. The summed E-state index contributed by atoms with van der Waals surface area (Å²) in [5.74, 6) is 0. The lowest BCUT2D eigenvalue weighted by Gasteiger charge is -2.24. The summed E-state index contributed by atoms with van der Waals surface area (Å²) < 4.78 is 5.66. The van der Waals surface area contributed by atoms with Crippen LogP contribution in [0.15, 0.2) is 23.6 Å². The van der Waals surface area contributed by atoms with Crippen LogP contribution in [-0.2, 0) is 11.3 Å². The fourth-order valence-corrected chi connectivity index (χ4v) is 4.29. The Labute approximate surface area is 149 Å². The molecular weight excluding hydrogens is 316 g/mol. The smallest absolute Gasteiger partial charge is 0.122 e. The predicted molar refractivity (Wildman–Crippen MR) is 100 cm³/mol. The molecule has 3 rings (SSSR count). The molecule has 0 N–H and O–H groups in total. The van der Waals surface area contributed by atoms with Crippen LogP contribution in [0.4, 0.5) is 0 Å². The van der Waals surface area contributed by atoms with Crippen LogP contribution in [0.25, 0.3) is 0 Å². The molecular formula is C20H28N2OS. The lowest BCUT2D eigenvalue weighted by molar-refractivity contribution is 0.0760. The van der Waals surface area contributed by atoms with Crippen molar-refractivity contribution in [2.75, 3.05) is 13.2 Å². The molecule has 0 amide bonds. The molecule has 0 unspecified atom stereocenters. The molecule has 2 atom stereocenters. The molecule has 1 fully saturated rings. The highest BCUT2D eigenvalue weighted by Crippen LogP contribution is 2.34. The van der Waals surface area contributed by atoms with Crippen LogP contribution in [0.2, 0.25) is 0 Å². The van der Waals surface area contributed by atoms with E-state index < -0.39 is 0 Å². The Morgan fingerprint density at radius 3 is 2.92 bits per heavy atom. The van der Waals surface area contributed by atoms with Crippen LogP contribution in [0.3, 0.4) is 0 Å². The second-order valence-electron chi connectivity index (χ2n) is 6.75. The van der Waals surface area contributed by atoms with E-state index >= 15 is 0 Å². The minimum atomic E-state index is 0.0999. The van der Waals surface area contributed by atoms with Crippen molar-refractivity contribution in [2.45, 2.75) is 59.2 Å². The lowest BCUT2D eigenvalue weighted by Crippen LogP contribution is -2.23. The molecule has 130 valence electrons. The van der Waals surface area contributed by atoms with Crippen LogP contribution < -0.4 is 0 Å². The van der Waals surface area contributed by atoms with Gasteiger partial charge in [-0.05, 0) is 63.8 Å². The number of benzene rings is 1. The zero-order valence-corrected chi connectivity index (χ0v) is 16.0. The normalized spacial score (nSPS) is 19.8. The molecule has 1 aliphatic heterocycles. The third kappa shape index (κ3) is 3.88. The monoisotopic (exact) mass is 344 g/mol. The number of hydrogen-bond acceptors (Lipinski definition) is 4. The van der Waals surface area contributed by atoms with Gasteiger partial charge in [-0.2, -0.15) is 0 Å². The van der Waals surface area contributed by atoms with E-state index in [4.69, 9.17) is 9.72 Å². The van der Waals surface area contributed by atoms with E-state index in [2.05, 4.69) is 49.3 Å². The van der Waals surface area contributed by atoms with E-state index in [1.165, 1.54) is 35.2 Å². The molecule has 0 radical (unpaired) electrons. The number of aryl methyl sites for hydroxylation is 2. The summed E-state index contributed by atoms with van der Waals surface area (Å²) >= 11 is 1.72. The summed E-state index contributed by atoms with van der Waals surface area (Å²) in [4.78, 5) is 7.38. The van der Waals surface area contributed by atoms with Gasteiger partial charge in [0.1, 0.15) is 11.1 Å². The van der Waals surface area contributed by atoms with E-state index in [-0.39, 0.29) is 6.10 Å². The van der Waals surface area contributed by atoms with Crippen molar-refractivity contribution in [3.05, 3.63) is 51.0 Å². The van der Waals surface area contributed by atoms with Gasteiger partial charge in [0.05, 0.1) is 5.69 Å². The summed E-state index contributed by atoms with van der Waals surface area (Å²) in [5.41, 5.74) is 5.39. The first-order valence-corrected chi connectivity index (χ1v) is 9.83. The predicted octanol–water partition coefficient (Wildman–Crippen LogP) is 5.19. The minimum Gasteiger partial charge on any atom is -0.372 e. The third-order valence-corrected chi connectivity index (χ3v) is 6.03. The number of nitrogens with zero attached hydrogens (tertiary/aromatic N) is 2. The third-order valence-electron chi connectivity index (χ3n) is 4.98. The zero-order valence-electron chi connectivity index (χ0n) is 15.2. The van der Waals surface area contributed by atoms with E-state index in [9.17, 15) is 0 Å². The number of thiazole rings is 1. The van der Waals surface area contributed by atoms with Gasteiger partial charge < -0.3 is 4.74 Å². The van der Waals surface area contributed by atoms with Crippen molar-refractivity contribution in [1.82, 2.24) is 9.88 Å². The average molecular weight is 345 g/mol. The van der Waals surface area contributed by atoms with Gasteiger partial charge in [0, 0.05) is 24.6 Å². The van der Waals surface area contributed by atoms with Gasteiger partial charge in [0.15, 0.2) is 0 Å². The van der Waals surface area contributed by atoms with Crippen molar-refractivity contribution in [3.63, 3.8) is 0 Å². The van der Waals surface area contributed by atoms with Crippen molar-refractivity contribution in [2.24, 2.45) is 0 Å². The fraction of sp³-hybridized carbons (Fsp3) is 0.550. The molecule has 3 nitrogen and oxygen atoms in total. The highest BCUT2D eigenvalue weighted by atomic mass is 32.1. The molecule has 1 saturated heterocycles. The quantitative estimate of drug-likeness (QED) is 0.720. The first kappa shape index (κ1) is 17.6. The van der Waals surface area contributed by atoms with E-state index in [0.29, 0.717) is 6.04 Å². The molecule has 4 heteroatoms. The molecule has 1 aromatic carbocycles. The molecule has 0 bridgehead atoms. The molecule has 1 aromatic heterocycles. The topological polar surface area (TPSA) is 25.4 Å². The van der Waals surface area contributed by atoms with E-state index in [0.717, 1.165) is 24.7 Å². The zero-order chi connectivity index (χ0) is 17.1. The number of aromatic nitrogens is 1. The van der Waals surface area contributed by atoms with Crippen LogP contribution in [0, 0.1) is 13.8 Å². The van der Waals surface area contributed by atoms with Crippen LogP contribution >= 0.6 is 11.3 Å². The Bertz CT molecular complexity index is 682. The first-order chi connectivity index (χ1) is 11.6. The molecule has 2 heterocycles. The van der Waals surface area contributed by atoms with Gasteiger partial charge >= 0.3 is 0 Å². The Hall–Kier alpha value is -1.23. The number of ether oxygens (including phenoxy) is 1. The molecule has 0 aliphatic carbocycles. The number of rotatable bonds is 6. The maximum absolute atomic E-state index is 5.66. The second-order valence-corrected chi connectivity index (χ2v) is 7.64. The number of hydrogen-bond donors (Lipinski definition) is 0. The second kappa shape index (κ2) is 7.77. The summed E-state index contributed by atoms with van der Waals surface area (Å²) in [6, 6.07) is 7.45. The van der Waals surface area contributed by atoms with Crippen LogP contribution in [-0.4, -0.2) is 23.0 Å².